The highest BCUT2D eigenvalue weighted by molar-refractivity contribution is 14.1. The summed E-state index contributed by atoms with van der Waals surface area (Å²) in [6.07, 6.45) is 1.17. The predicted octanol–water partition coefficient (Wildman–Crippen LogP) is 2.79. The van der Waals surface area contributed by atoms with E-state index in [2.05, 4.69) is 41.8 Å². The van der Waals surface area contributed by atoms with Crippen LogP contribution in [0.4, 0.5) is 0 Å². The van der Waals surface area contributed by atoms with Gasteiger partial charge in [0.25, 0.3) is 0 Å². The molecule has 0 atom stereocenters. The minimum atomic E-state index is 0.300. The van der Waals surface area contributed by atoms with Gasteiger partial charge in [-0.15, -0.1) is 0 Å². The summed E-state index contributed by atoms with van der Waals surface area (Å²) in [4.78, 5) is 11.6. The molecule has 3 heteroatoms. The molecule has 0 aliphatic heterocycles. The van der Waals surface area contributed by atoms with E-state index in [1.165, 1.54) is 3.57 Å². The van der Waals surface area contributed by atoms with Gasteiger partial charge in [0, 0.05) is 29.0 Å². The minimum absolute atomic E-state index is 0.300. The molecule has 0 bridgehead atoms. The molecule has 0 aliphatic carbocycles. The lowest BCUT2D eigenvalue weighted by molar-refractivity contribution is -0.118. The molecule has 1 aromatic rings. The average Bonchev–Trinajstić information content (AvgIpc) is 2.21. The standard InChI is InChI=1S/C13H18INO/c1-10(2)15-8-7-13(16)9-11-3-5-12(14)6-4-11/h3-6,10,15H,7-9H2,1-2H3. The molecule has 0 fully saturated rings. The van der Waals surface area contributed by atoms with Crippen molar-refractivity contribution in [3.05, 3.63) is 33.4 Å². The summed E-state index contributed by atoms with van der Waals surface area (Å²) in [5, 5.41) is 3.25. The van der Waals surface area contributed by atoms with Crippen LogP contribution in [0.5, 0.6) is 0 Å². The quantitative estimate of drug-likeness (QED) is 0.812. The summed E-state index contributed by atoms with van der Waals surface area (Å²) in [6.45, 7) is 4.95. The maximum Gasteiger partial charge on any atom is 0.138 e. The summed E-state index contributed by atoms with van der Waals surface area (Å²) in [5.74, 6) is 0.300. The zero-order valence-electron chi connectivity index (χ0n) is 9.79. The maximum absolute atomic E-state index is 11.6. The van der Waals surface area contributed by atoms with Crippen molar-refractivity contribution in [1.82, 2.24) is 5.32 Å². The number of rotatable bonds is 6. The minimum Gasteiger partial charge on any atom is -0.314 e. The van der Waals surface area contributed by atoms with Crippen molar-refractivity contribution in [2.75, 3.05) is 6.54 Å². The Kier molecular flexibility index (Phi) is 5.98. The Balaban J connectivity index is 2.31. The Hall–Kier alpha value is -0.420. The summed E-state index contributed by atoms with van der Waals surface area (Å²) in [6, 6.07) is 8.57. The van der Waals surface area contributed by atoms with Gasteiger partial charge in [-0.05, 0) is 40.3 Å². The van der Waals surface area contributed by atoms with Gasteiger partial charge >= 0.3 is 0 Å². The molecule has 1 aromatic carbocycles. The van der Waals surface area contributed by atoms with Crippen LogP contribution in [-0.2, 0) is 11.2 Å². The van der Waals surface area contributed by atoms with E-state index in [1.54, 1.807) is 0 Å². The van der Waals surface area contributed by atoms with E-state index in [9.17, 15) is 4.79 Å². The number of benzene rings is 1. The summed E-state index contributed by atoms with van der Waals surface area (Å²) in [5.41, 5.74) is 1.11. The van der Waals surface area contributed by atoms with Gasteiger partial charge in [0.05, 0.1) is 0 Å². The van der Waals surface area contributed by atoms with E-state index in [4.69, 9.17) is 0 Å². The fourth-order valence-corrected chi connectivity index (χ4v) is 1.78. The molecule has 0 spiro atoms. The van der Waals surface area contributed by atoms with E-state index < -0.39 is 0 Å². The zero-order chi connectivity index (χ0) is 12.0. The Bertz CT molecular complexity index is 332. The molecular weight excluding hydrogens is 313 g/mol. The molecule has 0 unspecified atom stereocenters. The maximum atomic E-state index is 11.6. The van der Waals surface area contributed by atoms with E-state index in [0.717, 1.165) is 12.1 Å². The van der Waals surface area contributed by atoms with Crippen molar-refractivity contribution in [2.45, 2.75) is 32.7 Å². The third kappa shape index (κ3) is 5.61. The van der Waals surface area contributed by atoms with Crippen molar-refractivity contribution in [3.8, 4) is 0 Å². The van der Waals surface area contributed by atoms with Gasteiger partial charge in [0.15, 0.2) is 0 Å². The van der Waals surface area contributed by atoms with Gasteiger partial charge in [-0.1, -0.05) is 26.0 Å². The van der Waals surface area contributed by atoms with Crippen molar-refractivity contribution in [3.63, 3.8) is 0 Å². The number of hydrogen-bond donors (Lipinski definition) is 1. The van der Waals surface area contributed by atoms with Crippen LogP contribution in [0.3, 0.4) is 0 Å². The first kappa shape index (κ1) is 13.6. The monoisotopic (exact) mass is 331 g/mol. The van der Waals surface area contributed by atoms with Gasteiger partial charge in [0.1, 0.15) is 5.78 Å². The molecule has 88 valence electrons. The molecule has 0 amide bonds. The number of carbonyl (C=O) groups excluding carboxylic acids is 1. The van der Waals surface area contributed by atoms with Crippen LogP contribution in [0.1, 0.15) is 25.8 Å². The topological polar surface area (TPSA) is 29.1 Å². The van der Waals surface area contributed by atoms with Gasteiger partial charge in [-0.25, -0.2) is 0 Å². The number of Topliss-reactive ketones (excluding diaryl/α,β-unsaturated/α-hetero) is 1. The summed E-state index contributed by atoms with van der Waals surface area (Å²) >= 11 is 2.27. The smallest absolute Gasteiger partial charge is 0.138 e. The highest BCUT2D eigenvalue weighted by Gasteiger charge is 2.03. The second-order valence-corrected chi connectivity index (χ2v) is 5.45. The van der Waals surface area contributed by atoms with Crippen molar-refractivity contribution in [2.24, 2.45) is 0 Å². The van der Waals surface area contributed by atoms with Crippen molar-refractivity contribution < 1.29 is 4.79 Å². The van der Waals surface area contributed by atoms with Crippen LogP contribution in [0.2, 0.25) is 0 Å². The third-order valence-electron chi connectivity index (χ3n) is 2.27. The zero-order valence-corrected chi connectivity index (χ0v) is 12.0. The summed E-state index contributed by atoms with van der Waals surface area (Å²) in [7, 11) is 0. The van der Waals surface area contributed by atoms with Crippen LogP contribution in [0.25, 0.3) is 0 Å². The molecule has 0 heterocycles. The van der Waals surface area contributed by atoms with E-state index in [0.29, 0.717) is 24.7 Å². The summed E-state index contributed by atoms with van der Waals surface area (Å²) < 4.78 is 1.20. The predicted molar refractivity (Wildman–Crippen MR) is 75.6 cm³/mol. The molecule has 0 aromatic heterocycles. The lowest BCUT2D eigenvalue weighted by atomic mass is 10.1. The Labute approximate surface area is 111 Å². The normalized spacial score (nSPS) is 10.8. The van der Waals surface area contributed by atoms with Crippen LogP contribution in [-0.4, -0.2) is 18.4 Å². The Morgan fingerprint density at radius 3 is 2.50 bits per heavy atom. The lowest BCUT2D eigenvalue weighted by Gasteiger charge is -2.07. The van der Waals surface area contributed by atoms with Crippen molar-refractivity contribution in [1.29, 1.82) is 0 Å². The molecular formula is C13H18INO. The Morgan fingerprint density at radius 2 is 1.94 bits per heavy atom. The van der Waals surface area contributed by atoms with Gasteiger partial charge in [-0.3, -0.25) is 4.79 Å². The van der Waals surface area contributed by atoms with E-state index in [1.807, 2.05) is 24.3 Å². The molecule has 1 N–H and O–H groups in total. The van der Waals surface area contributed by atoms with E-state index >= 15 is 0 Å². The van der Waals surface area contributed by atoms with Crippen molar-refractivity contribution >= 4 is 28.4 Å². The second-order valence-electron chi connectivity index (χ2n) is 4.20. The fraction of sp³-hybridized carbons (Fsp3) is 0.462. The van der Waals surface area contributed by atoms with Gasteiger partial charge < -0.3 is 5.32 Å². The van der Waals surface area contributed by atoms with E-state index in [-0.39, 0.29) is 0 Å². The van der Waals surface area contributed by atoms with Crippen LogP contribution >= 0.6 is 22.6 Å². The average molecular weight is 331 g/mol. The fourth-order valence-electron chi connectivity index (χ4n) is 1.42. The van der Waals surface area contributed by atoms with Crippen LogP contribution in [0, 0.1) is 3.57 Å². The van der Waals surface area contributed by atoms with Gasteiger partial charge in [0.2, 0.25) is 0 Å². The number of hydrogen-bond acceptors (Lipinski definition) is 2. The molecule has 0 saturated heterocycles. The van der Waals surface area contributed by atoms with Gasteiger partial charge in [-0.2, -0.15) is 0 Å². The number of nitrogens with one attached hydrogen (secondary N) is 1. The molecule has 0 radical (unpaired) electrons. The molecule has 1 rings (SSSR count). The second kappa shape index (κ2) is 7.01. The lowest BCUT2D eigenvalue weighted by Crippen LogP contribution is -2.25. The molecule has 16 heavy (non-hydrogen) atoms. The van der Waals surface area contributed by atoms with Crippen LogP contribution < -0.4 is 5.32 Å². The molecule has 0 aliphatic rings. The highest BCUT2D eigenvalue weighted by atomic mass is 127. The third-order valence-corrected chi connectivity index (χ3v) is 2.99. The Morgan fingerprint density at radius 1 is 1.31 bits per heavy atom. The first-order valence-corrected chi connectivity index (χ1v) is 6.65. The first-order valence-electron chi connectivity index (χ1n) is 5.57. The largest absolute Gasteiger partial charge is 0.314 e. The SMILES string of the molecule is CC(C)NCCC(=O)Cc1ccc(I)cc1. The number of carbonyl (C=O) groups is 1. The molecule has 0 saturated carbocycles. The molecule has 2 nitrogen and oxygen atoms in total. The van der Waals surface area contributed by atoms with Crippen LogP contribution in [0.15, 0.2) is 24.3 Å². The number of halogens is 1. The highest BCUT2D eigenvalue weighted by Crippen LogP contribution is 2.08. The number of ketones is 1. The first-order chi connectivity index (χ1) is 7.58.